The Hall–Kier alpha value is -3.36. The number of carbonyl (C=O) groups excluding carboxylic acids is 2. The van der Waals surface area contributed by atoms with E-state index in [1.54, 1.807) is 23.1 Å². The van der Waals surface area contributed by atoms with Gasteiger partial charge in [-0.3, -0.25) is 13.9 Å². The minimum Gasteiger partial charge on any atom is -0.354 e. The zero-order valence-electron chi connectivity index (χ0n) is 24.1. The van der Waals surface area contributed by atoms with Gasteiger partial charge in [0.2, 0.25) is 21.8 Å². The van der Waals surface area contributed by atoms with Gasteiger partial charge in [-0.2, -0.15) is 0 Å². The number of carbonyl (C=O) groups is 2. The highest BCUT2D eigenvalue weighted by Crippen LogP contribution is 2.27. The molecule has 9 heteroatoms. The number of hydrogen-bond acceptors (Lipinski definition) is 4. The van der Waals surface area contributed by atoms with E-state index in [1.807, 2.05) is 67.6 Å². The molecule has 2 amide bonds. The first kappa shape index (κ1) is 32.2. The quantitative estimate of drug-likeness (QED) is 0.226. The van der Waals surface area contributed by atoms with Gasteiger partial charge in [-0.15, -0.1) is 0 Å². The van der Waals surface area contributed by atoms with Gasteiger partial charge in [-0.25, -0.2) is 8.42 Å². The van der Waals surface area contributed by atoms with Crippen LogP contribution in [0.3, 0.4) is 0 Å². The fourth-order valence-corrected chi connectivity index (χ4v) is 5.86. The number of nitrogens with zero attached hydrogens (tertiary/aromatic N) is 2. The number of halogens is 1. The van der Waals surface area contributed by atoms with Crippen LogP contribution in [0, 0.1) is 6.92 Å². The zero-order chi connectivity index (χ0) is 29.8. The molecule has 0 bridgehead atoms. The van der Waals surface area contributed by atoms with Crippen molar-refractivity contribution in [3.63, 3.8) is 0 Å². The second-order valence-electron chi connectivity index (χ2n) is 10.2. The Kier molecular flexibility index (Phi) is 12.2. The molecular weight excluding hydrogens is 558 g/mol. The molecule has 0 saturated carbocycles. The number of sulfonamides is 1. The molecule has 0 aliphatic rings. The summed E-state index contributed by atoms with van der Waals surface area (Å²) < 4.78 is 26.7. The van der Waals surface area contributed by atoms with E-state index in [0.717, 1.165) is 35.8 Å². The van der Waals surface area contributed by atoms with Crippen LogP contribution in [0.2, 0.25) is 5.02 Å². The Morgan fingerprint density at radius 3 is 2.17 bits per heavy atom. The third-order valence-corrected chi connectivity index (χ3v) is 8.30. The molecule has 0 heterocycles. The summed E-state index contributed by atoms with van der Waals surface area (Å²) in [5, 5.41) is 3.45. The van der Waals surface area contributed by atoms with E-state index in [0.29, 0.717) is 23.7 Å². The molecule has 1 N–H and O–H groups in total. The van der Waals surface area contributed by atoms with E-state index in [-0.39, 0.29) is 37.7 Å². The van der Waals surface area contributed by atoms with Crippen LogP contribution >= 0.6 is 11.6 Å². The summed E-state index contributed by atoms with van der Waals surface area (Å²) in [6, 6.07) is 23.6. The standard InChI is InChI=1S/C32H40ClN3O4S/c1-4-5-20-34-32(38)30(22-26-13-8-6-9-14-26)35(24-27-15-10-7-11-16-27)31(37)17-12-21-36(41(3,39)40)29-23-28(33)19-18-25(29)2/h6-11,13-16,18-19,23,30H,4-5,12,17,20-22,24H2,1-3H3,(H,34,38)/t30-/m0/s1. The summed E-state index contributed by atoms with van der Waals surface area (Å²) >= 11 is 6.17. The Morgan fingerprint density at radius 1 is 0.927 bits per heavy atom. The molecule has 220 valence electrons. The lowest BCUT2D eigenvalue weighted by molar-refractivity contribution is -0.141. The van der Waals surface area contributed by atoms with E-state index in [4.69, 9.17) is 11.6 Å². The predicted octanol–water partition coefficient (Wildman–Crippen LogP) is 5.75. The average molecular weight is 598 g/mol. The van der Waals surface area contributed by atoms with Crippen molar-refractivity contribution in [2.75, 3.05) is 23.7 Å². The summed E-state index contributed by atoms with van der Waals surface area (Å²) in [7, 11) is -3.62. The van der Waals surface area contributed by atoms with Crippen molar-refractivity contribution in [3.05, 3.63) is 101 Å². The fraction of sp³-hybridized carbons (Fsp3) is 0.375. The van der Waals surface area contributed by atoms with Crippen molar-refractivity contribution in [3.8, 4) is 0 Å². The second kappa shape index (κ2) is 15.6. The Morgan fingerprint density at radius 2 is 1.56 bits per heavy atom. The highest BCUT2D eigenvalue weighted by Gasteiger charge is 2.30. The SMILES string of the molecule is CCCCNC(=O)[C@H](Cc1ccccc1)N(Cc1ccccc1)C(=O)CCCN(c1cc(Cl)ccc1C)S(C)(=O)=O. The van der Waals surface area contributed by atoms with Crippen molar-refractivity contribution in [2.24, 2.45) is 0 Å². The number of nitrogens with one attached hydrogen (secondary N) is 1. The third kappa shape index (κ3) is 9.90. The van der Waals surface area contributed by atoms with E-state index in [1.165, 1.54) is 4.31 Å². The van der Waals surface area contributed by atoms with Crippen LogP contribution in [0.4, 0.5) is 5.69 Å². The molecule has 3 aromatic rings. The number of amides is 2. The molecule has 1 atom stereocenters. The van der Waals surface area contributed by atoms with E-state index >= 15 is 0 Å². The number of benzene rings is 3. The van der Waals surface area contributed by atoms with Crippen molar-refractivity contribution >= 4 is 39.1 Å². The lowest BCUT2D eigenvalue weighted by atomic mass is 10.0. The van der Waals surface area contributed by atoms with Gasteiger partial charge in [0.15, 0.2) is 0 Å². The first-order valence-electron chi connectivity index (χ1n) is 14.0. The highest BCUT2D eigenvalue weighted by atomic mass is 35.5. The van der Waals surface area contributed by atoms with Gasteiger partial charge < -0.3 is 10.2 Å². The lowest BCUT2D eigenvalue weighted by Crippen LogP contribution is -2.50. The molecule has 41 heavy (non-hydrogen) atoms. The maximum absolute atomic E-state index is 13.9. The average Bonchev–Trinajstić information content (AvgIpc) is 2.95. The van der Waals surface area contributed by atoms with Gasteiger partial charge in [0.1, 0.15) is 6.04 Å². The molecule has 0 radical (unpaired) electrons. The summed E-state index contributed by atoms with van der Waals surface area (Å²) in [5.74, 6) is -0.407. The van der Waals surface area contributed by atoms with Crippen molar-refractivity contribution < 1.29 is 18.0 Å². The second-order valence-corrected chi connectivity index (χ2v) is 12.6. The number of anilines is 1. The van der Waals surface area contributed by atoms with Gasteiger partial charge in [-0.05, 0) is 48.6 Å². The molecule has 0 fully saturated rings. The van der Waals surface area contributed by atoms with Crippen LogP contribution in [-0.4, -0.2) is 50.5 Å². The Bertz CT molecular complexity index is 1380. The molecule has 3 rings (SSSR count). The van der Waals surface area contributed by atoms with Crippen LogP contribution in [0.15, 0.2) is 78.9 Å². The molecule has 7 nitrogen and oxygen atoms in total. The summed E-state index contributed by atoms with van der Waals surface area (Å²) in [6.07, 6.45) is 3.66. The van der Waals surface area contributed by atoms with Gasteiger partial charge >= 0.3 is 0 Å². The Balaban J connectivity index is 1.86. The molecule has 0 spiro atoms. The van der Waals surface area contributed by atoms with Gasteiger partial charge in [-0.1, -0.05) is 91.7 Å². The van der Waals surface area contributed by atoms with Crippen molar-refractivity contribution in [2.45, 2.75) is 58.5 Å². The predicted molar refractivity (Wildman–Crippen MR) is 166 cm³/mol. The minimum absolute atomic E-state index is 0.0754. The van der Waals surface area contributed by atoms with Crippen molar-refractivity contribution in [1.29, 1.82) is 0 Å². The molecule has 0 aliphatic heterocycles. The van der Waals surface area contributed by atoms with Crippen molar-refractivity contribution in [1.82, 2.24) is 10.2 Å². The van der Waals surface area contributed by atoms with Crippen LogP contribution < -0.4 is 9.62 Å². The van der Waals surface area contributed by atoms with E-state index in [9.17, 15) is 18.0 Å². The molecule has 0 aromatic heterocycles. The first-order chi connectivity index (χ1) is 19.6. The smallest absolute Gasteiger partial charge is 0.243 e. The summed E-state index contributed by atoms with van der Waals surface area (Å²) in [4.78, 5) is 29.0. The van der Waals surface area contributed by atoms with Crippen LogP contribution in [0.5, 0.6) is 0 Å². The molecular formula is C32H40ClN3O4S. The zero-order valence-corrected chi connectivity index (χ0v) is 25.6. The summed E-state index contributed by atoms with van der Waals surface area (Å²) in [5.41, 5.74) is 3.12. The molecule has 3 aromatic carbocycles. The molecule has 0 unspecified atom stereocenters. The number of hydrogen-bond donors (Lipinski definition) is 1. The van der Waals surface area contributed by atoms with Gasteiger partial charge in [0.05, 0.1) is 11.9 Å². The number of rotatable bonds is 15. The van der Waals surface area contributed by atoms with Crippen LogP contribution in [0.25, 0.3) is 0 Å². The largest absolute Gasteiger partial charge is 0.354 e. The topological polar surface area (TPSA) is 86.8 Å². The normalized spacial score (nSPS) is 12.0. The van der Waals surface area contributed by atoms with E-state index in [2.05, 4.69) is 12.2 Å². The van der Waals surface area contributed by atoms with Crippen LogP contribution in [0.1, 0.15) is 49.3 Å². The number of aryl methyl sites for hydroxylation is 1. The lowest BCUT2D eigenvalue weighted by Gasteiger charge is -2.32. The monoisotopic (exact) mass is 597 g/mol. The van der Waals surface area contributed by atoms with Gasteiger partial charge in [0, 0.05) is 37.5 Å². The summed E-state index contributed by atoms with van der Waals surface area (Å²) in [6.45, 7) is 4.79. The highest BCUT2D eigenvalue weighted by molar-refractivity contribution is 7.92. The van der Waals surface area contributed by atoms with Gasteiger partial charge in [0.25, 0.3) is 0 Å². The molecule has 0 aliphatic carbocycles. The number of unbranched alkanes of at least 4 members (excludes halogenated alkanes) is 1. The Labute approximate surface area is 249 Å². The van der Waals surface area contributed by atoms with E-state index < -0.39 is 16.1 Å². The molecule has 0 saturated heterocycles. The maximum Gasteiger partial charge on any atom is 0.243 e. The fourth-order valence-electron chi connectivity index (χ4n) is 4.67. The third-order valence-electron chi connectivity index (χ3n) is 6.89. The first-order valence-corrected chi connectivity index (χ1v) is 16.2. The minimum atomic E-state index is -3.62. The maximum atomic E-state index is 13.9. The van der Waals surface area contributed by atoms with Crippen LogP contribution in [-0.2, 0) is 32.6 Å².